The minimum absolute atomic E-state index is 0.0322. The lowest BCUT2D eigenvalue weighted by Gasteiger charge is -2.35. The first kappa shape index (κ1) is 19.8. The van der Waals surface area contributed by atoms with Crippen LogP contribution in [0.3, 0.4) is 0 Å². The van der Waals surface area contributed by atoms with E-state index >= 15 is 0 Å². The lowest BCUT2D eigenvalue weighted by Crippen LogP contribution is -2.49. The molecule has 1 saturated heterocycles. The maximum Gasteiger partial charge on any atom is 0.319 e. The smallest absolute Gasteiger partial charge is 0.319 e. The average Bonchev–Trinajstić information content (AvgIpc) is 2.80. The van der Waals surface area contributed by atoms with E-state index in [9.17, 15) is 9.59 Å². The molecule has 2 aliphatic heterocycles. The van der Waals surface area contributed by atoms with Gasteiger partial charge in [-0.15, -0.1) is 0 Å². The van der Waals surface area contributed by atoms with Gasteiger partial charge in [-0.3, -0.25) is 4.79 Å². The Morgan fingerprint density at radius 3 is 2.63 bits per heavy atom. The first-order valence-corrected chi connectivity index (χ1v) is 10.1. The highest BCUT2D eigenvalue weighted by Crippen LogP contribution is 2.37. The van der Waals surface area contributed by atoms with Crippen molar-refractivity contribution in [2.24, 2.45) is 0 Å². The number of para-hydroxylation sites is 1. The van der Waals surface area contributed by atoms with Gasteiger partial charge in [-0.2, -0.15) is 0 Å². The van der Waals surface area contributed by atoms with Gasteiger partial charge in [-0.1, -0.05) is 12.1 Å². The summed E-state index contributed by atoms with van der Waals surface area (Å²) < 4.78 is 11.1. The molecule has 0 bridgehead atoms. The fraction of sp³-hybridized carbons (Fsp3) is 0.381. The molecule has 2 aliphatic rings. The molecular formula is C21H25N5O4. The summed E-state index contributed by atoms with van der Waals surface area (Å²) in [5.41, 5.74) is 0.543. The first-order valence-electron chi connectivity index (χ1n) is 10.1. The van der Waals surface area contributed by atoms with Crippen LogP contribution in [0.5, 0.6) is 11.5 Å². The van der Waals surface area contributed by atoms with Crippen molar-refractivity contribution in [3.05, 3.63) is 42.6 Å². The van der Waals surface area contributed by atoms with Crippen LogP contribution in [0, 0.1) is 0 Å². The number of pyridine rings is 1. The second kappa shape index (κ2) is 9.34. The first-order chi connectivity index (χ1) is 14.7. The van der Waals surface area contributed by atoms with E-state index in [0.717, 1.165) is 18.9 Å². The predicted octanol–water partition coefficient (Wildman–Crippen LogP) is 1.71. The van der Waals surface area contributed by atoms with Gasteiger partial charge in [-0.05, 0) is 24.3 Å². The molecule has 158 valence electrons. The summed E-state index contributed by atoms with van der Waals surface area (Å²) in [4.78, 5) is 33.0. The molecule has 9 nitrogen and oxygen atoms in total. The molecule has 30 heavy (non-hydrogen) atoms. The zero-order chi connectivity index (χ0) is 20.8. The van der Waals surface area contributed by atoms with E-state index in [1.165, 1.54) is 0 Å². The lowest BCUT2D eigenvalue weighted by atomic mass is 10.2. The van der Waals surface area contributed by atoms with Crippen molar-refractivity contribution in [3.63, 3.8) is 0 Å². The van der Waals surface area contributed by atoms with Crippen LogP contribution in [-0.2, 0) is 4.79 Å². The molecule has 1 fully saturated rings. The van der Waals surface area contributed by atoms with Crippen molar-refractivity contribution in [1.29, 1.82) is 0 Å². The number of rotatable bonds is 5. The maximum atomic E-state index is 12.5. The van der Waals surface area contributed by atoms with Crippen molar-refractivity contribution < 1.29 is 19.1 Å². The van der Waals surface area contributed by atoms with Crippen molar-refractivity contribution >= 4 is 23.4 Å². The molecule has 0 unspecified atom stereocenters. The number of anilines is 2. The molecule has 0 spiro atoms. The van der Waals surface area contributed by atoms with Gasteiger partial charge in [0.1, 0.15) is 19.0 Å². The summed E-state index contributed by atoms with van der Waals surface area (Å²) in [6, 6.07) is 10.8. The number of piperazine rings is 1. The highest BCUT2D eigenvalue weighted by Gasteiger charge is 2.22. The van der Waals surface area contributed by atoms with Gasteiger partial charge in [0.25, 0.3) is 0 Å². The number of hydrogen-bond donors (Lipinski definition) is 2. The Morgan fingerprint density at radius 1 is 1.00 bits per heavy atom. The molecule has 1 aromatic carbocycles. The van der Waals surface area contributed by atoms with Crippen LogP contribution >= 0.6 is 0 Å². The molecule has 0 radical (unpaired) electrons. The Kier molecular flexibility index (Phi) is 6.17. The Labute approximate surface area is 175 Å². The summed E-state index contributed by atoms with van der Waals surface area (Å²) in [5.74, 6) is 2.10. The van der Waals surface area contributed by atoms with Crippen LogP contribution in [0.1, 0.15) is 6.42 Å². The largest absolute Gasteiger partial charge is 0.486 e. The normalized spacial score (nSPS) is 15.5. The number of nitrogens with one attached hydrogen (secondary N) is 2. The van der Waals surface area contributed by atoms with Gasteiger partial charge in [0, 0.05) is 45.3 Å². The van der Waals surface area contributed by atoms with Crippen molar-refractivity contribution in [1.82, 2.24) is 15.2 Å². The minimum atomic E-state index is -0.384. The van der Waals surface area contributed by atoms with Gasteiger partial charge < -0.3 is 29.9 Å². The molecule has 9 heteroatoms. The highest BCUT2D eigenvalue weighted by molar-refractivity contribution is 5.92. The predicted molar refractivity (Wildman–Crippen MR) is 112 cm³/mol. The van der Waals surface area contributed by atoms with Crippen molar-refractivity contribution in [2.45, 2.75) is 6.42 Å². The Morgan fingerprint density at radius 2 is 1.83 bits per heavy atom. The van der Waals surface area contributed by atoms with E-state index in [1.807, 2.05) is 23.1 Å². The monoisotopic (exact) mass is 411 g/mol. The van der Waals surface area contributed by atoms with E-state index in [2.05, 4.69) is 20.5 Å². The number of carbonyl (C=O) groups excluding carboxylic acids is 2. The van der Waals surface area contributed by atoms with E-state index in [4.69, 9.17) is 9.47 Å². The molecule has 0 aliphatic carbocycles. The van der Waals surface area contributed by atoms with Crippen molar-refractivity contribution in [2.75, 3.05) is 56.2 Å². The number of nitrogens with zero attached hydrogens (tertiary/aromatic N) is 3. The topological polar surface area (TPSA) is 96.0 Å². The Bertz CT molecular complexity index is 884. The summed E-state index contributed by atoms with van der Waals surface area (Å²) in [7, 11) is 0. The van der Waals surface area contributed by atoms with Gasteiger partial charge in [0.15, 0.2) is 11.5 Å². The molecular weight excluding hydrogens is 386 g/mol. The third-order valence-electron chi connectivity index (χ3n) is 5.04. The van der Waals surface area contributed by atoms with Gasteiger partial charge in [0.2, 0.25) is 5.91 Å². The lowest BCUT2D eigenvalue weighted by molar-refractivity contribution is -0.131. The zero-order valence-electron chi connectivity index (χ0n) is 16.7. The molecule has 0 atom stereocenters. The van der Waals surface area contributed by atoms with E-state index in [-0.39, 0.29) is 24.9 Å². The number of fused-ring (bicyclic) bond motifs is 1. The van der Waals surface area contributed by atoms with Gasteiger partial charge in [0.05, 0.1) is 5.69 Å². The molecule has 3 heterocycles. The third kappa shape index (κ3) is 4.73. The summed E-state index contributed by atoms with van der Waals surface area (Å²) in [5, 5.41) is 5.48. The molecule has 1 aromatic heterocycles. The quantitative estimate of drug-likeness (QED) is 0.778. The van der Waals surface area contributed by atoms with Crippen LogP contribution in [-0.4, -0.2) is 67.8 Å². The Balaban J connectivity index is 1.19. The molecule has 2 N–H and O–H groups in total. The van der Waals surface area contributed by atoms with Crippen LogP contribution < -0.4 is 25.0 Å². The van der Waals surface area contributed by atoms with Crippen molar-refractivity contribution in [3.8, 4) is 11.5 Å². The summed E-state index contributed by atoms with van der Waals surface area (Å²) in [6.07, 6.45) is 2.03. The SMILES string of the molecule is O=C(NCCC(=O)N1CCN(c2ccccn2)CC1)Nc1cccc2c1OCCO2. The molecule has 3 amide bonds. The fourth-order valence-electron chi connectivity index (χ4n) is 3.51. The minimum Gasteiger partial charge on any atom is -0.486 e. The van der Waals surface area contributed by atoms with Crippen LogP contribution in [0.2, 0.25) is 0 Å². The second-order valence-electron chi connectivity index (χ2n) is 7.02. The second-order valence-corrected chi connectivity index (χ2v) is 7.02. The summed E-state index contributed by atoms with van der Waals surface area (Å²) in [6.45, 7) is 3.98. The number of ether oxygens (including phenoxy) is 2. The molecule has 4 rings (SSSR count). The standard InChI is InChI=1S/C21H25N5O4/c27-19(26-12-10-25(11-13-26)18-6-1-2-8-22-18)7-9-23-21(28)24-16-4-3-5-17-20(16)30-15-14-29-17/h1-6,8H,7,9-15H2,(H2,23,24,28). The number of aromatic nitrogens is 1. The van der Waals surface area contributed by atoms with E-state index in [0.29, 0.717) is 43.5 Å². The maximum absolute atomic E-state index is 12.5. The van der Waals surface area contributed by atoms with E-state index < -0.39 is 0 Å². The molecule has 2 aromatic rings. The van der Waals surface area contributed by atoms with Crippen LogP contribution in [0.4, 0.5) is 16.3 Å². The number of hydrogen-bond acceptors (Lipinski definition) is 6. The zero-order valence-corrected chi connectivity index (χ0v) is 16.7. The van der Waals surface area contributed by atoms with Crippen LogP contribution in [0.25, 0.3) is 0 Å². The van der Waals surface area contributed by atoms with E-state index in [1.54, 1.807) is 24.4 Å². The fourth-order valence-corrected chi connectivity index (χ4v) is 3.51. The molecule has 0 saturated carbocycles. The number of urea groups is 1. The van der Waals surface area contributed by atoms with Gasteiger partial charge in [-0.25, -0.2) is 9.78 Å². The van der Waals surface area contributed by atoms with Crippen LogP contribution in [0.15, 0.2) is 42.6 Å². The Hall–Kier alpha value is -3.49. The summed E-state index contributed by atoms with van der Waals surface area (Å²) >= 11 is 0. The number of carbonyl (C=O) groups is 2. The number of amides is 3. The highest BCUT2D eigenvalue weighted by atomic mass is 16.6. The number of benzene rings is 1. The van der Waals surface area contributed by atoms with Gasteiger partial charge >= 0.3 is 6.03 Å². The average molecular weight is 411 g/mol. The third-order valence-corrected chi connectivity index (χ3v) is 5.04.